The molecule has 0 unspecified atom stereocenters. The van der Waals surface area contributed by atoms with E-state index in [2.05, 4.69) is 21.2 Å². The van der Waals surface area contributed by atoms with Gasteiger partial charge in [-0.1, -0.05) is 18.2 Å². The van der Waals surface area contributed by atoms with Crippen LogP contribution < -0.4 is 30.3 Å². The molecule has 0 bridgehead atoms. The SMILES string of the molecule is CCOC(=O)C1=C(C)NC(=O)N[C@@H]1c1ccc(OCC(=O)N/N=C\c2ccccc2OCc2ccc([N+](=O)[O-])cc2)c(OC)c1. The molecule has 3 N–H and O–H groups in total. The number of nitro benzene ring substituents is 1. The number of non-ortho nitro benzene ring substituents is 1. The van der Waals surface area contributed by atoms with E-state index in [1.54, 1.807) is 68.4 Å². The second kappa shape index (κ2) is 15.0. The number of nitrogens with one attached hydrogen (secondary N) is 3. The van der Waals surface area contributed by atoms with E-state index in [-0.39, 0.29) is 42.6 Å². The fraction of sp³-hybridized carbons (Fsp3) is 0.226. The number of rotatable bonds is 13. The number of allylic oxidation sites excluding steroid dienone is 1. The van der Waals surface area contributed by atoms with Crippen molar-refractivity contribution in [1.29, 1.82) is 0 Å². The lowest BCUT2D eigenvalue weighted by Gasteiger charge is -2.28. The highest BCUT2D eigenvalue weighted by molar-refractivity contribution is 5.95. The van der Waals surface area contributed by atoms with Crippen LogP contribution >= 0.6 is 0 Å². The highest BCUT2D eigenvalue weighted by Crippen LogP contribution is 2.34. The van der Waals surface area contributed by atoms with Crippen molar-refractivity contribution in [3.05, 3.63) is 105 Å². The zero-order valence-electron chi connectivity index (χ0n) is 24.7. The van der Waals surface area contributed by atoms with Crippen molar-refractivity contribution in [2.75, 3.05) is 20.3 Å². The third-order valence-electron chi connectivity index (χ3n) is 6.50. The highest BCUT2D eigenvalue weighted by Gasteiger charge is 2.32. The Kier molecular flexibility index (Phi) is 10.7. The van der Waals surface area contributed by atoms with Gasteiger partial charge in [0.05, 0.1) is 36.5 Å². The van der Waals surface area contributed by atoms with Gasteiger partial charge in [0.1, 0.15) is 12.4 Å². The predicted octanol–water partition coefficient (Wildman–Crippen LogP) is 3.90. The number of nitrogens with zero attached hydrogens (tertiary/aromatic N) is 2. The molecule has 4 rings (SSSR count). The Morgan fingerprint density at radius 1 is 1.04 bits per heavy atom. The first kappa shape index (κ1) is 32.0. The lowest BCUT2D eigenvalue weighted by molar-refractivity contribution is -0.384. The number of hydrogen-bond donors (Lipinski definition) is 3. The van der Waals surface area contributed by atoms with Crippen LogP contribution in [0.4, 0.5) is 10.5 Å². The predicted molar refractivity (Wildman–Crippen MR) is 162 cm³/mol. The number of carbonyl (C=O) groups excluding carboxylic acids is 3. The lowest BCUT2D eigenvalue weighted by Crippen LogP contribution is -2.45. The minimum atomic E-state index is -0.792. The van der Waals surface area contributed by atoms with E-state index < -0.39 is 28.9 Å². The van der Waals surface area contributed by atoms with Crippen molar-refractivity contribution in [3.63, 3.8) is 0 Å². The second-order valence-corrected chi connectivity index (χ2v) is 9.53. The van der Waals surface area contributed by atoms with E-state index >= 15 is 0 Å². The van der Waals surface area contributed by atoms with E-state index in [0.29, 0.717) is 22.6 Å². The Balaban J connectivity index is 1.36. The Morgan fingerprint density at radius 2 is 1.80 bits per heavy atom. The van der Waals surface area contributed by atoms with Gasteiger partial charge in [-0.2, -0.15) is 5.10 Å². The second-order valence-electron chi connectivity index (χ2n) is 9.53. The number of amides is 3. The molecule has 0 radical (unpaired) electrons. The maximum absolute atomic E-state index is 12.6. The average molecular weight is 618 g/mol. The van der Waals surface area contributed by atoms with E-state index in [4.69, 9.17) is 18.9 Å². The fourth-order valence-corrected chi connectivity index (χ4v) is 4.35. The normalized spacial score (nSPS) is 14.3. The summed E-state index contributed by atoms with van der Waals surface area (Å²) in [5.41, 5.74) is 4.89. The summed E-state index contributed by atoms with van der Waals surface area (Å²) in [7, 11) is 1.42. The summed E-state index contributed by atoms with van der Waals surface area (Å²) in [5, 5.41) is 20.1. The summed E-state index contributed by atoms with van der Waals surface area (Å²) in [4.78, 5) is 47.6. The number of para-hydroxylation sites is 1. The number of esters is 1. The van der Waals surface area contributed by atoms with Gasteiger partial charge in [0.25, 0.3) is 11.6 Å². The van der Waals surface area contributed by atoms with Crippen molar-refractivity contribution < 1.29 is 38.3 Å². The van der Waals surface area contributed by atoms with Gasteiger partial charge in [-0.3, -0.25) is 14.9 Å². The first-order valence-electron chi connectivity index (χ1n) is 13.7. The number of hydrogen-bond acceptors (Lipinski definition) is 10. The summed E-state index contributed by atoms with van der Waals surface area (Å²) in [5.74, 6) is -0.0882. The van der Waals surface area contributed by atoms with Crippen molar-refractivity contribution in [1.82, 2.24) is 16.1 Å². The summed E-state index contributed by atoms with van der Waals surface area (Å²) in [6.45, 7) is 3.26. The van der Waals surface area contributed by atoms with Gasteiger partial charge in [-0.05, 0) is 61.4 Å². The third kappa shape index (κ3) is 8.34. The Hall–Kier alpha value is -5.92. The molecule has 0 fully saturated rings. The van der Waals surface area contributed by atoms with E-state index in [1.165, 1.54) is 25.5 Å². The van der Waals surface area contributed by atoms with Gasteiger partial charge >= 0.3 is 12.0 Å². The highest BCUT2D eigenvalue weighted by atomic mass is 16.6. The van der Waals surface area contributed by atoms with Crippen LogP contribution in [-0.2, 0) is 20.9 Å². The number of urea groups is 1. The molecule has 45 heavy (non-hydrogen) atoms. The van der Waals surface area contributed by atoms with Crippen LogP contribution in [0.5, 0.6) is 17.2 Å². The maximum atomic E-state index is 12.6. The molecular weight excluding hydrogens is 586 g/mol. The van der Waals surface area contributed by atoms with Gasteiger partial charge in [0.2, 0.25) is 0 Å². The first-order chi connectivity index (χ1) is 21.7. The Bertz CT molecular complexity index is 1640. The Labute approximate surface area is 258 Å². The molecule has 3 aromatic rings. The minimum Gasteiger partial charge on any atom is -0.493 e. The molecule has 0 aromatic heterocycles. The zero-order chi connectivity index (χ0) is 32.3. The molecule has 0 aliphatic carbocycles. The van der Waals surface area contributed by atoms with Crippen LogP contribution in [0.2, 0.25) is 0 Å². The molecule has 1 heterocycles. The van der Waals surface area contributed by atoms with Crippen molar-refractivity contribution >= 4 is 29.8 Å². The first-order valence-corrected chi connectivity index (χ1v) is 13.7. The number of carbonyl (C=O) groups is 3. The topological polar surface area (TPSA) is 180 Å². The molecule has 1 aliphatic rings. The molecule has 3 amide bonds. The molecule has 0 saturated heterocycles. The van der Waals surface area contributed by atoms with Crippen molar-refractivity contribution in [2.24, 2.45) is 5.10 Å². The number of nitro groups is 1. The molecular formula is C31H31N5O9. The van der Waals surface area contributed by atoms with Crippen LogP contribution in [0.25, 0.3) is 0 Å². The third-order valence-corrected chi connectivity index (χ3v) is 6.50. The van der Waals surface area contributed by atoms with Gasteiger partial charge in [0, 0.05) is 23.4 Å². The van der Waals surface area contributed by atoms with Crippen LogP contribution in [-0.4, -0.2) is 49.4 Å². The van der Waals surface area contributed by atoms with E-state index in [9.17, 15) is 24.5 Å². The van der Waals surface area contributed by atoms with Crippen molar-refractivity contribution in [3.8, 4) is 17.2 Å². The minimum absolute atomic E-state index is 0.00853. The lowest BCUT2D eigenvalue weighted by atomic mass is 9.95. The van der Waals surface area contributed by atoms with Crippen LogP contribution in [0.15, 0.2) is 83.1 Å². The van der Waals surface area contributed by atoms with Crippen LogP contribution in [0.3, 0.4) is 0 Å². The summed E-state index contributed by atoms with van der Waals surface area (Å²) >= 11 is 0. The molecule has 0 spiro atoms. The smallest absolute Gasteiger partial charge is 0.338 e. The monoisotopic (exact) mass is 617 g/mol. The summed E-state index contributed by atoms with van der Waals surface area (Å²) in [6.07, 6.45) is 1.42. The van der Waals surface area contributed by atoms with E-state index in [1.807, 2.05) is 0 Å². The van der Waals surface area contributed by atoms with Gasteiger partial charge in [0.15, 0.2) is 18.1 Å². The number of benzene rings is 3. The average Bonchev–Trinajstić information content (AvgIpc) is 3.03. The van der Waals surface area contributed by atoms with Gasteiger partial charge in [-0.25, -0.2) is 15.0 Å². The zero-order valence-corrected chi connectivity index (χ0v) is 24.7. The standard InChI is InChI=1S/C31H31N5O9/c1-4-43-30(38)28-19(2)33-31(39)34-29(28)21-11-14-25(26(15-21)42-3)45-18-27(37)35-32-16-22-7-5-6-8-24(22)44-17-20-9-12-23(13-10-20)36(40)41/h5-16,29H,4,17-18H2,1-3H3,(H,35,37)(H2,33,34,39)/b32-16-/t29-/m1/s1. The Morgan fingerprint density at radius 3 is 2.51 bits per heavy atom. The van der Waals surface area contributed by atoms with E-state index in [0.717, 1.165) is 5.56 Å². The summed E-state index contributed by atoms with van der Waals surface area (Å²) in [6, 6.07) is 16.6. The van der Waals surface area contributed by atoms with Crippen LogP contribution in [0, 0.1) is 10.1 Å². The number of ether oxygens (including phenoxy) is 4. The quantitative estimate of drug-likeness (QED) is 0.111. The molecule has 1 aliphatic heterocycles. The largest absolute Gasteiger partial charge is 0.493 e. The molecule has 1 atom stereocenters. The number of methoxy groups -OCH3 is 1. The summed E-state index contributed by atoms with van der Waals surface area (Å²) < 4.78 is 22.1. The molecule has 234 valence electrons. The van der Waals surface area contributed by atoms with Gasteiger partial charge in [-0.15, -0.1) is 0 Å². The van der Waals surface area contributed by atoms with Crippen LogP contribution in [0.1, 0.15) is 36.6 Å². The fourth-order valence-electron chi connectivity index (χ4n) is 4.35. The maximum Gasteiger partial charge on any atom is 0.338 e. The van der Waals surface area contributed by atoms with Gasteiger partial charge < -0.3 is 29.6 Å². The molecule has 14 nitrogen and oxygen atoms in total. The molecule has 3 aromatic carbocycles. The number of hydrazone groups is 1. The molecule has 14 heteroatoms. The van der Waals surface area contributed by atoms with Crippen molar-refractivity contribution in [2.45, 2.75) is 26.5 Å². The molecule has 0 saturated carbocycles.